The van der Waals surface area contributed by atoms with Crippen molar-refractivity contribution in [1.29, 1.82) is 0 Å². The smallest absolute Gasteiger partial charge is 0.306 e. The molecule has 0 N–H and O–H groups in total. The number of esters is 3. The summed E-state index contributed by atoms with van der Waals surface area (Å²) in [5.74, 6) is -1.07. The number of carbonyl (C=O) groups excluding carboxylic acids is 3. The van der Waals surface area contributed by atoms with Crippen molar-refractivity contribution >= 4 is 17.9 Å². The minimum atomic E-state index is -0.836. The number of hydrogen-bond donors (Lipinski definition) is 0. The normalized spacial score (nSPS) is 13.5. The van der Waals surface area contributed by atoms with Crippen molar-refractivity contribution < 1.29 is 28.6 Å². The summed E-state index contributed by atoms with van der Waals surface area (Å²) in [7, 11) is 0. The van der Waals surface area contributed by atoms with Crippen molar-refractivity contribution in [2.75, 3.05) is 13.2 Å². The summed E-state index contributed by atoms with van der Waals surface area (Å²) >= 11 is 0. The number of allylic oxidation sites excluding steroid dienone is 26. The summed E-state index contributed by atoms with van der Waals surface area (Å²) < 4.78 is 16.6. The van der Waals surface area contributed by atoms with E-state index in [1.54, 1.807) is 0 Å². The van der Waals surface area contributed by atoms with Crippen molar-refractivity contribution in [1.82, 2.24) is 0 Å². The van der Waals surface area contributed by atoms with Gasteiger partial charge < -0.3 is 14.2 Å². The van der Waals surface area contributed by atoms with Crippen LogP contribution in [0, 0.1) is 0 Å². The monoisotopic (exact) mass is 851 g/mol. The largest absolute Gasteiger partial charge is 0.462 e. The van der Waals surface area contributed by atoms with Crippen LogP contribution >= 0.6 is 0 Å². The van der Waals surface area contributed by atoms with Gasteiger partial charge in [0, 0.05) is 19.3 Å². The highest BCUT2D eigenvalue weighted by Crippen LogP contribution is 2.11. The van der Waals surface area contributed by atoms with E-state index in [2.05, 4.69) is 106 Å². The van der Waals surface area contributed by atoms with Crippen LogP contribution in [0.3, 0.4) is 0 Å². The van der Waals surface area contributed by atoms with E-state index < -0.39 is 6.10 Å². The van der Waals surface area contributed by atoms with Crippen LogP contribution in [0.4, 0.5) is 0 Å². The van der Waals surface area contributed by atoms with Crippen molar-refractivity contribution in [3.63, 3.8) is 0 Å². The lowest BCUT2D eigenvalue weighted by atomic mass is 10.1. The molecule has 0 aromatic heterocycles. The molecule has 0 aliphatic carbocycles. The molecule has 1 unspecified atom stereocenters. The highest BCUT2D eigenvalue weighted by atomic mass is 16.6. The molecule has 0 heterocycles. The predicted octanol–water partition coefficient (Wildman–Crippen LogP) is 15.5. The van der Waals surface area contributed by atoms with E-state index in [1.807, 2.05) is 72.9 Å². The number of ether oxygens (including phenoxy) is 3. The van der Waals surface area contributed by atoms with E-state index in [1.165, 1.54) is 0 Å². The quantitative estimate of drug-likeness (QED) is 0.0202. The second kappa shape index (κ2) is 48.7. The first kappa shape index (κ1) is 57.0. The van der Waals surface area contributed by atoms with Crippen LogP contribution in [0.15, 0.2) is 158 Å². The SMILES string of the molecule is CC\C=C/C=C\C=C/C=C\C=C\C=C/C=C\CCCCCC(=O)OCC(COC(=O)CCC/C=C\C/C=C\C/C=C\CC)OC(=O)CCCCCC/C=C\C/C=C\C/C=C\CC. The van der Waals surface area contributed by atoms with Gasteiger partial charge in [-0.2, -0.15) is 0 Å². The first-order chi connectivity index (χ1) is 30.5. The Morgan fingerprint density at radius 1 is 0.339 bits per heavy atom. The summed E-state index contributed by atoms with van der Waals surface area (Å²) in [6.45, 7) is 6.11. The number of rotatable bonds is 39. The minimum Gasteiger partial charge on any atom is -0.462 e. The Morgan fingerprint density at radius 3 is 1.16 bits per heavy atom. The Bertz CT molecular complexity index is 1490. The van der Waals surface area contributed by atoms with Gasteiger partial charge in [0.2, 0.25) is 0 Å². The molecule has 62 heavy (non-hydrogen) atoms. The molecule has 0 saturated carbocycles. The van der Waals surface area contributed by atoms with Crippen molar-refractivity contribution in [3.8, 4) is 0 Å². The average Bonchev–Trinajstić information content (AvgIpc) is 3.27. The molecule has 0 aliphatic rings. The predicted molar refractivity (Wildman–Crippen MR) is 265 cm³/mol. The zero-order valence-corrected chi connectivity index (χ0v) is 38.8. The summed E-state index contributed by atoms with van der Waals surface area (Å²) in [6, 6.07) is 0. The lowest BCUT2D eigenvalue weighted by Gasteiger charge is -2.18. The van der Waals surface area contributed by atoms with Crippen LogP contribution < -0.4 is 0 Å². The van der Waals surface area contributed by atoms with E-state index in [4.69, 9.17) is 14.2 Å². The van der Waals surface area contributed by atoms with Gasteiger partial charge in [-0.25, -0.2) is 0 Å². The molecule has 0 aromatic rings. The van der Waals surface area contributed by atoms with Crippen LogP contribution in [-0.4, -0.2) is 37.2 Å². The highest BCUT2D eigenvalue weighted by molar-refractivity contribution is 5.71. The second-order valence-corrected chi connectivity index (χ2v) is 14.7. The summed E-state index contributed by atoms with van der Waals surface area (Å²) in [6.07, 6.45) is 70.9. The third-order valence-electron chi connectivity index (χ3n) is 8.95. The molecule has 1 atom stereocenters. The van der Waals surface area contributed by atoms with Gasteiger partial charge in [0.25, 0.3) is 0 Å². The van der Waals surface area contributed by atoms with Crippen LogP contribution in [0.25, 0.3) is 0 Å². The molecule has 0 aliphatic heterocycles. The minimum absolute atomic E-state index is 0.135. The summed E-state index contributed by atoms with van der Waals surface area (Å²) in [5, 5.41) is 0. The molecular weight excluding hydrogens is 769 g/mol. The van der Waals surface area contributed by atoms with E-state index >= 15 is 0 Å². The zero-order valence-electron chi connectivity index (χ0n) is 38.8. The van der Waals surface area contributed by atoms with Gasteiger partial charge in [-0.05, 0) is 96.3 Å². The molecular formula is C56H82O6. The fraction of sp³-hybridized carbons (Fsp3) is 0.482. The van der Waals surface area contributed by atoms with Crippen molar-refractivity contribution in [2.45, 2.75) is 162 Å². The van der Waals surface area contributed by atoms with Crippen molar-refractivity contribution in [3.05, 3.63) is 158 Å². The Morgan fingerprint density at radius 2 is 0.677 bits per heavy atom. The van der Waals surface area contributed by atoms with Gasteiger partial charge in [-0.3, -0.25) is 14.4 Å². The fourth-order valence-electron chi connectivity index (χ4n) is 5.52. The molecule has 0 amide bonds. The maximum absolute atomic E-state index is 12.7. The van der Waals surface area contributed by atoms with Gasteiger partial charge in [0.05, 0.1) is 0 Å². The second-order valence-electron chi connectivity index (χ2n) is 14.7. The molecule has 0 radical (unpaired) electrons. The van der Waals surface area contributed by atoms with Gasteiger partial charge in [-0.1, -0.05) is 198 Å². The lowest BCUT2D eigenvalue weighted by Crippen LogP contribution is -2.30. The Kier molecular flexibility index (Phi) is 44.8. The van der Waals surface area contributed by atoms with Crippen LogP contribution in [0.2, 0.25) is 0 Å². The topological polar surface area (TPSA) is 78.9 Å². The molecule has 0 rings (SSSR count). The van der Waals surface area contributed by atoms with E-state index in [0.717, 1.165) is 103 Å². The molecule has 6 heteroatoms. The van der Waals surface area contributed by atoms with Crippen LogP contribution in [-0.2, 0) is 28.6 Å². The molecule has 0 fully saturated rings. The maximum atomic E-state index is 12.7. The maximum Gasteiger partial charge on any atom is 0.306 e. The third kappa shape index (κ3) is 46.1. The average molecular weight is 851 g/mol. The number of carbonyl (C=O) groups is 3. The van der Waals surface area contributed by atoms with Gasteiger partial charge >= 0.3 is 17.9 Å². The Hall–Kier alpha value is -4.97. The van der Waals surface area contributed by atoms with Gasteiger partial charge in [-0.15, -0.1) is 0 Å². The lowest BCUT2D eigenvalue weighted by molar-refractivity contribution is -0.167. The van der Waals surface area contributed by atoms with Gasteiger partial charge in [0.15, 0.2) is 6.10 Å². The zero-order chi connectivity index (χ0) is 45.1. The summed E-state index contributed by atoms with van der Waals surface area (Å²) in [5.41, 5.74) is 0. The molecule has 342 valence electrons. The first-order valence-electron chi connectivity index (χ1n) is 23.6. The van der Waals surface area contributed by atoms with E-state index in [0.29, 0.717) is 12.8 Å². The molecule has 0 spiro atoms. The molecule has 0 aromatic carbocycles. The van der Waals surface area contributed by atoms with Crippen LogP contribution in [0.1, 0.15) is 156 Å². The van der Waals surface area contributed by atoms with Crippen LogP contribution in [0.5, 0.6) is 0 Å². The molecule has 0 bridgehead atoms. The van der Waals surface area contributed by atoms with E-state index in [9.17, 15) is 14.4 Å². The fourth-order valence-corrected chi connectivity index (χ4v) is 5.52. The Balaban J connectivity index is 4.61. The number of unbranched alkanes of at least 4 members (excludes halogenated alkanes) is 8. The highest BCUT2D eigenvalue weighted by Gasteiger charge is 2.19. The third-order valence-corrected chi connectivity index (χ3v) is 8.95. The summed E-state index contributed by atoms with van der Waals surface area (Å²) in [4.78, 5) is 37.8. The first-order valence-corrected chi connectivity index (χ1v) is 23.6. The van der Waals surface area contributed by atoms with E-state index in [-0.39, 0.29) is 50.4 Å². The number of hydrogen-bond acceptors (Lipinski definition) is 6. The molecule has 0 saturated heterocycles. The standard InChI is InChI=1S/C56H82O6/c1-4-7-10-13-16-19-22-24-26-27-28-29-30-32-34-37-40-43-46-49-55(58)61-52-53(51-60-54(57)48-45-42-39-36-33-21-18-15-12-9-6-3)62-56(59)50-47-44-41-38-35-31-25-23-20-17-14-11-8-5-2/h7-13,16-22,24-32,34,36,39,53H,4-6,14-15,23,33,35,37-38,40-52H2,1-3H3/b10-7-,11-8-,12-9-,16-13-,20-17-,21-18-,22-19-,26-24-,28-27+,30-29-,31-25-,34-32-,39-36-. The van der Waals surface area contributed by atoms with Crippen molar-refractivity contribution in [2.24, 2.45) is 0 Å². The Labute approximate surface area is 378 Å². The van der Waals surface area contributed by atoms with Gasteiger partial charge in [0.1, 0.15) is 13.2 Å². The molecule has 6 nitrogen and oxygen atoms in total.